The Morgan fingerprint density at radius 1 is 1.24 bits per heavy atom. The topological polar surface area (TPSA) is 99.5 Å². The number of nitrogens with zero attached hydrogens (tertiary/aromatic N) is 3. The van der Waals surface area contributed by atoms with E-state index >= 15 is 0 Å². The van der Waals surface area contributed by atoms with Crippen molar-refractivity contribution < 1.29 is 14.3 Å². The Bertz CT molecular complexity index is 1410. The maximum absolute atomic E-state index is 13.1. The van der Waals surface area contributed by atoms with Crippen molar-refractivity contribution in [3.8, 4) is 11.8 Å². The van der Waals surface area contributed by atoms with Gasteiger partial charge in [-0.15, -0.1) is 0 Å². The zero-order valence-electron chi connectivity index (χ0n) is 20.6. The number of hydrogen-bond donors (Lipinski definition) is 2. The third-order valence-electron chi connectivity index (χ3n) is 7.24. The molecule has 8 heteroatoms. The summed E-state index contributed by atoms with van der Waals surface area (Å²) >= 11 is 0. The fourth-order valence-corrected chi connectivity index (χ4v) is 5.38. The minimum absolute atomic E-state index is 0.0841. The van der Waals surface area contributed by atoms with E-state index < -0.39 is 0 Å². The predicted molar refractivity (Wildman–Crippen MR) is 142 cm³/mol. The van der Waals surface area contributed by atoms with E-state index in [9.17, 15) is 10.1 Å². The molecule has 0 aliphatic carbocycles. The molecule has 1 amide bonds. The number of anilines is 3. The molecule has 4 heterocycles. The fraction of sp³-hybridized carbons (Fsp3) is 0.345. The number of carbonyl (C=O) groups excluding carboxylic acids is 1. The summed E-state index contributed by atoms with van der Waals surface area (Å²) in [5.41, 5.74) is 6.06. The van der Waals surface area contributed by atoms with Gasteiger partial charge in [0, 0.05) is 42.4 Å². The van der Waals surface area contributed by atoms with Gasteiger partial charge < -0.3 is 25.0 Å². The Labute approximate surface area is 215 Å². The first-order valence-electron chi connectivity index (χ1n) is 12.9. The lowest BCUT2D eigenvalue weighted by Gasteiger charge is -2.24. The molecule has 0 bridgehead atoms. The molecule has 1 atom stereocenters. The molecule has 1 aromatic heterocycles. The molecule has 8 nitrogen and oxygen atoms in total. The average Bonchev–Trinajstić information content (AvgIpc) is 3.59. The van der Waals surface area contributed by atoms with Crippen LogP contribution in [0.15, 0.2) is 54.2 Å². The monoisotopic (exact) mass is 495 g/mol. The molecule has 0 saturated carbocycles. The lowest BCUT2D eigenvalue weighted by molar-refractivity contribution is -0.112. The molecule has 2 saturated heterocycles. The van der Waals surface area contributed by atoms with Crippen LogP contribution < -0.4 is 20.3 Å². The maximum Gasteiger partial charge on any atom is 0.248 e. The van der Waals surface area contributed by atoms with Gasteiger partial charge in [0.15, 0.2) is 0 Å². The van der Waals surface area contributed by atoms with E-state index in [0.717, 1.165) is 67.7 Å². The molecule has 3 aliphatic heterocycles. The fourth-order valence-electron chi connectivity index (χ4n) is 5.38. The number of pyridine rings is 1. The minimum Gasteiger partial charge on any atom is -0.486 e. The first kappa shape index (κ1) is 23.5. The van der Waals surface area contributed by atoms with Gasteiger partial charge >= 0.3 is 0 Å². The number of fused-ring (bicyclic) bond motifs is 2. The number of piperidine rings is 1. The van der Waals surface area contributed by atoms with E-state index in [-0.39, 0.29) is 12.0 Å². The van der Waals surface area contributed by atoms with Crippen LogP contribution in [0.5, 0.6) is 5.75 Å². The van der Waals surface area contributed by atoms with E-state index in [0.29, 0.717) is 35.7 Å². The van der Waals surface area contributed by atoms with Crippen molar-refractivity contribution in [2.75, 3.05) is 43.1 Å². The minimum atomic E-state index is -0.179. The quantitative estimate of drug-likeness (QED) is 0.512. The molecule has 3 aromatic rings. The Morgan fingerprint density at radius 3 is 2.92 bits per heavy atom. The largest absolute Gasteiger partial charge is 0.486 e. The lowest BCUT2D eigenvalue weighted by Crippen LogP contribution is -2.24. The number of rotatable bonds is 5. The van der Waals surface area contributed by atoms with Gasteiger partial charge in [-0.25, -0.2) is 0 Å². The second-order valence-electron chi connectivity index (χ2n) is 9.67. The Kier molecular flexibility index (Phi) is 6.47. The Balaban J connectivity index is 1.44. The third kappa shape index (κ3) is 4.76. The van der Waals surface area contributed by atoms with E-state index in [1.807, 2.05) is 24.3 Å². The Hall–Kier alpha value is -3.93. The van der Waals surface area contributed by atoms with Crippen LogP contribution >= 0.6 is 0 Å². The van der Waals surface area contributed by atoms with Crippen LogP contribution in [0, 0.1) is 11.3 Å². The van der Waals surface area contributed by atoms with Crippen molar-refractivity contribution >= 4 is 33.9 Å². The summed E-state index contributed by atoms with van der Waals surface area (Å²) in [5.74, 6) is 0.381. The van der Waals surface area contributed by atoms with Crippen molar-refractivity contribution in [3.05, 3.63) is 65.4 Å². The van der Waals surface area contributed by atoms with E-state index in [2.05, 4.69) is 38.7 Å². The summed E-state index contributed by atoms with van der Waals surface area (Å²) in [4.78, 5) is 19.9. The second-order valence-corrected chi connectivity index (χ2v) is 9.67. The van der Waals surface area contributed by atoms with Crippen molar-refractivity contribution in [1.82, 2.24) is 10.3 Å². The SMILES string of the molecule is N#Cc1cnc2cc(OC3CCOC3)c(NC(=O)C=C3CCNCC3)cc2c1N1CCc2ccccc21. The highest BCUT2D eigenvalue weighted by molar-refractivity contribution is 6.05. The summed E-state index contributed by atoms with van der Waals surface area (Å²) < 4.78 is 11.8. The predicted octanol–water partition coefficient (Wildman–Crippen LogP) is 4.22. The summed E-state index contributed by atoms with van der Waals surface area (Å²) in [6, 6.07) is 14.4. The molecule has 188 valence electrons. The number of benzene rings is 2. The summed E-state index contributed by atoms with van der Waals surface area (Å²) in [5, 5.41) is 17.2. The molecule has 2 N–H and O–H groups in total. The van der Waals surface area contributed by atoms with Crippen LogP contribution in [0.25, 0.3) is 10.9 Å². The third-order valence-corrected chi connectivity index (χ3v) is 7.24. The average molecular weight is 496 g/mol. The van der Waals surface area contributed by atoms with Gasteiger partial charge in [-0.05, 0) is 50.0 Å². The van der Waals surface area contributed by atoms with Gasteiger partial charge in [-0.2, -0.15) is 5.26 Å². The molecule has 0 radical (unpaired) electrons. The van der Waals surface area contributed by atoms with Crippen LogP contribution in [0.1, 0.15) is 30.4 Å². The highest BCUT2D eigenvalue weighted by atomic mass is 16.5. The number of ether oxygens (including phenoxy) is 2. The molecule has 37 heavy (non-hydrogen) atoms. The molecular formula is C29H29N5O3. The molecule has 3 aliphatic rings. The van der Waals surface area contributed by atoms with Gasteiger partial charge in [0.05, 0.1) is 35.7 Å². The zero-order chi connectivity index (χ0) is 25.2. The summed E-state index contributed by atoms with van der Waals surface area (Å²) in [6.07, 6.45) is 6.66. The smallest absolute Gasteiger partial charge is 0.248 e. The van der Waals surface area contributed by atoms with Crippen LogP contribution in [-0.2, 0) is 16.0 Å². The molecular weight excluding hydrogens is 466 g/mol. The zero-order valence-corrected chi connectivity index (χ0v) is 20.6. The maximum atomic E-state index is 13.1. The first-order chi connectivity index (χ1) is 18.2. The second kappa shape index (κ2) is 10.2. The van der Waals surface area contributed by atoms with E-state index in [1.165, 1.54) is 5.56 Å². The highest BCUT2D eigenvalue weighted by Crippen LogP contribution is 2.42. The van der Waals surface area contributed by atoms with Gasteiger partial charge in [0.2, 0.25) is 5.91 Å². The molecule has 2 fully saturated rings. The van der Waals surface area contributed by atoms with Gasteiger partial charge in [0.1, 0.15) is 17.9 Å². The van der Waals surface area contributed by atoms with Crippen LogP contribution in [0.2, 0.25) is 0 Å². The van der Waals surface area contributed by atoms with Crippen LogP contribution in [-0.4, -0.2) is 49.8 Å². The number of aromatic nitrogens is 1. The van der Waals surface area contributed by atoms with E-state index in [4.69, 9.17) is 9.47 Å². The standard InChI is InChI=1S/C29H29N5O3/c30-16-21-17-32-24-15-27(37-22-8-12-36-18-22)25(33-28(35)13-19-5-9-31-10-6-19)14-23(24)29(21)34-11-7-20-3-1-2-4-26(20)34/h1-4,13-15,17,22,31H,5-12,18H2,(H,33,35). The van der Waals surface area contributed by atoms with Crippen molar-refractivity contribution in [2.45, 2.75) is 31.8 Å². The first-order valence-corrected chi connectivity index (χ1v) is 12.9. The van der Waals surface area contributed by atoms with Gasteiger partial charge in [-0.3, -0.25) is 9.78 Å². The van der Waals surface area contributed by atoms with Crippen molar-refractivity contribution in [2.24, 2.45) is 0 Å². The number of nitriles is 1. The number of amides is 1. The number of para-hydroxylation sites is 1. The molecule has 1 unspecified atom stereocenters. The Morgan fingerprint density at radius 2 is 2.11 bits per heavy atom. The van der Waals surface area contributed by atoms with Gasteiger partial charge in [0.25, 0.3) is 0 Å². The molecule has 6 rings (SSSR count). The number of carbonyl (C=O) groups is 1. The number of nitrogens with one attached hydrogen (secondary N) is 2. The van der Waals surface area contributed by atoms with Gasteiger partial charge in [-0.1, -0.05) is 23.8 Å². The highest BCUT2D eigenvalue weighted by Gasteiger charge is 2.26. The van der Waals surface area contributed by atoms with E-state index in [1.54, 1.807) is 12.3 Å². The molecule has 2 aromatic carbocycles. The normalized spacial score (nSPS) is 18.9. The van der Waals surface area contributed by atoms with Crippen LogP contribution in [0.3, 0.4) is 0 Å². The summed E-state index contributed by atoms with van der Waals surface area (Å²) in [6.45, 7) is 3.71. The lowest BCUT2D eigenvalue weighted by atomic mass is 10.0. The molecule has 0 spiro atoms. The number of hydrogen-bond acceptors (Lipinski definition) is 7. The van der Waals surface area contributed by atoms with Crippen LogP contribution in [0.4, 0.5) is 17.1 Å². The van der Waals surface area contributed by atoms with Crippen molar-refractivity contribution in [3.63, 3.8) is 0 Å². The van der Waals surface area contributed by atoms with Crippen molar-refractivity contribution in [1.29, 1.82) is 5.26 Å². The summed E-state index contributed by atoms with van der Waals surface area (Å²) in [7, 11) is 0.